The smallest absolute Gasteiger partial charge is 0.447 e. The summed E-state index contributed by atoms with van der Waals surface area (Å²) >= 11 is 0. The first-order chi connectivity index (χ1) is 14.9. The quantitative estimate of drug-likeness (QED) is 0.501. The monoisotopic (exact) mass is 456 g/mol. The van der Waals surface area contributed by atoms with Crippen LogP contribution in [0.15, 0.2) is 54.9 Å². The number of hydrogen-bond donors (Lipinski definition) is 1. The molecule has 0 unspecified atom stereocenters. The van der Waals surface area contributed by atoms with Gasteiger partial charge in [-0.05, 0) is 62.4 Å². The Bertz CT molecular complexity index is 1060. The van der Waals surface area contributed by atoms with Gasteiger partial charge in [0.1, 0.15) is 12.1 Å². The van der Waals surface area contributed by atoms with Crippen molar-refractivity contribution in [1.29, 1.82) is 0 Å². The number of halogens is 5. The summed E-state index contributed by atoms with van der Waals surface area (Å²) in [4.78, 5) is 15.8. The van der Waals surface area contributed by atoms with Gasteiger partial charge in [0.25, 0.3) is 0 Å². The van der Waals surface area contributed by atoms with Crippen LogP contribution >= 0.6 is 0 Å². The second-order valence-corrected chi connectivity index (χ2v) is 6.78. The molecule has 0 atom stereocenters. The number of nitrogens with one attached hydrogen (secondary N) is 1. The van der Waals surface area contributed by atoms with Gasteiger partial charge in [-0.3, -0.25) is 5.32 Å². The van der Waals surface area contributed by atoms with E-state index in [1.807, 2.05) is 0 Å². The van der Waals surface area contributed by atoms with Crippen LogP contribution in [0.2, 0.25) is 0 Å². The van der Waals surface area contributed by atoms with Crippen molar-refractivity contribution in [3.05, 3.63) is 54.9 Å². The Morgan fingerprint density at radius 2 is 1.62 bits per heavy atom. The highest BCUT2D eigenvalue weighted by Crippen LogP contribution is 2.37. The molecule has 3 aromatic rings. The summed E-state index contributed by atoms with van der Waals surface area (Å²) in [6.45, 7) is 3.45. The fourth-order valence-electron chi connectivity index (χ4n) is 2.46. The number of anilines is 1. The fraction of sp³-hybridized carbons (Fsp3) is 0.250. The zero-order valence-electron chi connectivity index (χ0n) is 16.7. The third kappa shape index (κ3) is 5.50. The molecule has 0 spiro atoms. The molecule has 0 fully saturated rings. The van der Waals surface area contributed by atoms with Crippen LogP contribution in [0.5, 0.6) is 5.75 Å². The molecule has 7 nitrogen and oxygen atoms in total. The number of benzene rings is 2. The Kier molecular flexibility index (Phi) is 6.32. The molecule has 0 aliphatic rings. The van der Waals surface area contributed by atoms with Crippen molar-refractivity contribution in [1.82, 2.24) is 14.8 Å². The van der Waals surface area contributed by atoms with E-state index < -0.39 is 24.1 Å². The largest absolute Gasteiger partial charge is 0.499 e. The van der Waals surface area contributed by atoms with Gasteiger partial charge in [0, 0.05) is 11.3 Å². The number of carbonyl (C=O) groups is 1. The molecular formula is C20H17F5N4O3. The fourth-order valence-corrected chi connectivity index (χ4v) is 2.46. The molecule has 1 aromatic heterocycles. The van der Waals surface area contributed by atoms with Crippen molar-refractivity contribution in [2.45, 2.75) is 32.2 Å². The first kappa shape index (κ1) is 23.0. The summed E-state index contributed by atoms with van der Waals surface area (Å²) in [7, 11) is 0. The Labute approximate surface area is 178 Å². The molecule has 0 saturated heterocycles. The predicted octanol–water partition coefficient (Wildman–Crippen LogP) is 5.43. The normalized spacial score (nSPS) is 12.0. The van der Waals surface area contributed by atoms with E-state index in [0.717, 1.165) is 12.1 Å². The highest BCUT2D eigenvalue weighted by atomic mass is 19.4. The van der Waals surface area contributed by atoms with Gasteiger partial charge in [0.15, 0.2) is 5.82 Å². The summed E-state index contributed by atoms with van der Waals surface area (Å²) in [5, 5.41) is 6.82. The zero-order chi connectivity index (χ0) is 23.5. The third-order valence-corrected chi connectivity index (χ3v) is 3.90. The number of carbonyl (C=O) groups excluding carboxylic acids is 1. The second kappa shape index (κ2) is 8.81. The molecule has 2 aromatic carbocycles. The Balaban J connectivity index is 1.68. The van der Waals surface area contributed by atoms with Crippen LogP contribution in [0.3, 0.4) is 0 Å². The van der Waals surface area contributed by atoms with Gasteiger partial charge in [-0.15, -0.1) is 5.10 Å². The Hall–Kier alpha value is -3.70. The number of aromatic nitrogens is 3. The van der Waals surface area contributed by atoms with Crippen molar-refractivity contribution in [3.8, 4) is 22.8 Å². The lowest BCUT2D eigenvalue weighted by molar-refractivity contribution is -0.360. The van der Waals surface area contributed by atoms with Crippen molar-refractivity contribution in [2.75, 3.05) is 5.32 Å². The van der Waals surface area contributed by atoms with Gasteiger partial charge in [-0.2, -0.15) is 22.0 Å². The SMILES string of the molecule is CC(C)OC(=O)Nc1ccc(-c2ncn(-c3ccc(OC(F)(F)C(F)(F)F)cc3)n2)cc1. The number of alkyl halides is 5. The maximum Gasteiger partial charge on any atom is 0.499 e. The highest BCUT2D eigenvalue weighted by Gasteiger charge is 2.61. The zero-order valence-corrected chi connectivity index (χ0v) is 16.7. The highest BCUT2D eigenvalue weighted by molar-refractivity contribution is 5.85. The summed E-state index contributed by atoms with van der Waals surface area (Å²) in [5.74, 6) is -0.333. The molecule has 0 aliphatic carbocycles. The van der Waals surface area contributed by atoms with Crippen LogP contribution < -0.4 is 10.1 Å². The molecule has 1 N–H and O–H groups in total. The molecule has 170 valence electrons. The van der Waals surface area contributed by atoms with E-state index in [4.69, 9.17) is 4.74 Å². The summed E-state index contributed by atoms with van der Waals surface area (Å²) in [6.07, 6.45) is -10.6. The van der Waals surface area contributed by atoms with Crippen molar-refractivity contribution in [2.24, 2.45) is 0 Å². The molecule has 0 bridgehead atoms. The third-order valence-electron chi connectivity index (χ3n) is 3.90. The van der Waals surface area contributed by atoms with Crippen LogP contribution in [0, 0.1) is 0 Å². The van der Waals surface area contributed by atoms with E-state index in [1.54, 1.807) is 38.1 Å². The van der Waals surface area contributed by atoms with Crippen LogP contribution in [0.25, 0.3) is 17.1 Å². The summed E-state index contributed by atoms with van der Waals surface area (Å²) in [6, 6.07) is 11.0. The number of rotatable bonds is 6. The topological polar surface area (TPSA) is 78.3 Å². The number of amides is 1. The molecule has 0 radical (unpaired) electrons. The van der Waals surface area contributed by atoms with E-state index in [1.165, 1.54) is 23.1 Å². The van der Waals surface area contributed by atoms with Gasteiger partial charge in [0.2, 0.25) is 0 Å². The van der Waals surface area contributed by atoms with Gasteiger partial charge in [0.05, 0.1) is 11.8 Å². The molecule has 1 amide bonds. The average molecular weight is 456 g/mol. The van der Waals surface area contributed by atoms with Crippen molar-refractivity contribution >= 4 is 11.8 Å². The second-order valence-electron chi connectivity index (χ2n) is 6.78. The lowest BCUT2D eigenvalue weighted by Crippen LogP contribution is -2.41. The van der Waals surface area contributed by atoms with Crippen molar-refractivity contribution in [3.63, 3.8) is 0 Å². The average Bonchev–Trinajstić information content (AvgIpc) is 3.17. The standard InChI is InChI=1S/C20H17F5N4O3/c1-12(2)31-18(30)27-14-5-3-13(4-6-14)17-26-11-29(28-17)15-7-9-16(10-8-15)32-20(24,25)19(21,22)23/h3-12H,1-2H3,(H,27,30). The number of ether oxygens (including phenoxy) is 2. The maximum absolute atomic E-state index is 13.0. The van der Waals surface area contributed by atoms with E-state index in [-0.39, 0.29) is 6.10 Å². The molecular weight excluding hydrogens is 439 g/mol. The summed E-state index contributed by atoms with van der Waals surface area (Å²) in [5.41, 5.74) is 1.49. The minimum atomic E-state index is -5.83. The van der Waals surface area contributed by atoms with E-state index in [2.05, 4.69) is 20.1 Å². The van der Waals surface area contributed by atoms with E-state index in [9.17, 15) is 26.7 Å². The van der Waals surface area contributed by atoms with Gasteiger partial charge >= 0.3 is 18.4 Å². The van der Waals surface area contributed by atoms with Crippen LogP contribution in [0.1, 0.15) is 13.8 Å². The van der Waals surface area contributed by atoms with Crippen LogP contribution in [0.4, 0.5) is 32.4 Å². The lowest BCUT2D eigenvalue weighted by Gasteiger charge is -2.20. The molecule has 1 heterocycles. The summed E-state index contributed by atoms with van der Waals surface area (Å²) < 4.78 is 72.7. The molecule has 12 heteroatoms. The molecule has 3 rings (SSSR count). The first-order valence-corrected chi connectivity index (χ1v) is 9.18. The van der Waals surface area contributed by atoms with Gasteiger partial charge in [-0.1, -0.05) is 0 Å². The number of hydrogen-bond acceptors (Lipinski definition) is 5. The van der Waals surface area contributed by atoms with Crippen LogP contribution in [-0.2, 0) is 4.74 Å². The van der Waals surface area contributed by atoms with Crippen molar-refractivity contribution < 1.29 is 36.2 Å². The van der Waals surface area contributed by atoms with Crippen LogP contribution in [-0.4, -0.2) is 39.2 Å². The molecule has 0 aliphatic heterocycles. The number of nitrogens with zero attached hydrogens (tertiary/aromatic N) is 3. The predicted molar refractivity (Wildman–Crippen MR) is 104 cm³/mol. The minimum absolute atomic E-state index is 0.260. The first-order valence-electron chi connectivity index (χ1n) is 9.18. The molecule has 0 saturated carbocycles. The van der Waals surface area contributed by atoms with E-state index >= 15 is 0 Å². The van der Waals surface area contributed by atoms with E-state index in [0.29, 0.717) is 22.8 Å². The van der Waals surface area contributed by atoms with Gasteiger partial charge in [-0.25, -0.2) is 14.5 Å². The molecule has 32 heavy (non-hydrogen) atoms. The Morgan fingerprint density at radius 3 is 2.19 bits per heavy atom. The minimum Gasteiger partial charge on any atom is -0.447 e. The van der Waals surface area contributed by atoms with Gasteiger partial charge < -0.3 is 9.47 Å². The lowest BCUT2D eigenvalue weighted by atomic mass is 10.2. The maximum atomic E-state index is 13.0. The Morgan fingerprint density at radius 1 is 1.00 bits per heavy atom.